The fourth-order valence-corrected chi connectivity index (χ4v) is 3.00. The molecule has 0 saturated heterocycles. The molecule has 1 atom stereocenters. The number of benzene rings is 1. The Balaban J connectivity index is 2.18. The minimum absolute atomic E-state index is 0.102. The number of hydrogen-bond donors (Lipinski definition) is 1. The standard InChI is InChI=1S/C14H17NO3/c1-13(2)7-14(13,8-16)9-4-5-10-11(6-9)18-12(17)15(10)3/h4-6,16H,7-8H2,1-3H3. The van der Waals surface area contributed by atoms with Gasteiger partial charge in [-0.1, -0.05) is 19.9 Å². The van der Waals surface area contributed by atoms with E-state index in [2.05, 4.69) is 13.8 Å². The van der Waals surface area contributed by atoms with Crippen LogP contribution in [0.4, 0.5) is 0 Å². The van der Waals surface area contributed by atoms with Crippen molar-refractivity contribution in [2.75, 3.05) is 6.61 Å². The van der Waals surface area contributed by atoms with E-state index in [1.165, 1.54) is 4.57 Å². The van der Waals surface area contributed by atoms with Gasteiger partial charge in [-0.25, -0.2) is 4.79 Å². The zero-order valence-corrected chi connectivity index (χ0v) is 10.9. The second kappa shape index (κ2) is 3.26. The molecule has 0 bridgehead atoms. The predicted molar refractivity (Wildman–Crippen MR) is 68.6 cm³/mol. The highest BCUT2D eigenvalue weighted by molar-refractivity contribution is 5.74. The van der Waals surface area contributed by atoms with Crippen LogP contribution in [-0.2, 0) is 12.5 Å². The van der Waals surface area contributed by atoms with Gasteiger partial charge in [-0.3, -0.25) is 4.57 Å². The van der Waals surface area contributed by atoms with E-state index in [0.717, 1.165) is 17.5 Å². The van der Waals surface area contributed by atoms with E-state index in [-0.39, 0.29) is 23.2 Å². The minimum Gasteiger partial charge on any atom is -0.408 e. The topological polar surface area (TPSA) is 55.4 Å². The van der Waals surface area contributed by atoms with Crippen LogP contribution in [0.2, 0.25) is 0 Å². The van der Waals surface area contributed by atoms with Gasteiger partial charge in [-0.15, -0.1) is 0 Å². The van der Waals surface area contributed by atoms with Gasteiger partial charge in [0.25, 0.3) is 0 Å². The zero-order chi connectivity index (χ0) is 13.1. The Hall–Kier alpha value is -1.55. The number of aryl methyl sites for hydroxylation is 1. The first-order chi connectivity index (χ1) is 8.41. The molecule has 1 N–H and O–H groups in total. The van der Waals surface area contributed by atoms with Gasteiger partial charge >= 0.3 is 5.76 Å². The summed E-state index contributed by atoms with van der Waals surface area (Å²) < 4.78 is 6.69. The molecule has 1 aromatic carbocycles. The highest BCUT2D eigenvalue weighted by atomic mass is 16.4. The normalized spacial score (nSPS) is 25.6. The van der Waals surface area contributed by atoms with Crippen LogP contribution in [0.3, 0.4) is 0 Å². The van der Waals surface area contributed by atoms with Crippen LogP contribution in [0.15, 0.2) is 27.4 Å². The van der Waals surface area contributed by atoms with Crippen molar-refractivity contribution in [2.24, 2.45) is 12.5 Å². The molecule has 3 rings (SSSR count). The van der Waals surface area contributed by atoms with Gasteiger partial charge in [-0.2, -0.15) is 0 Å². The third-order valence-corrected chi connectivity index (χ3v) is 4.53. The number of aliphatic hydroxyl groups is 1. The molecule has 96 valence electrons. The summed E-state index contributed by atoms with van der Waals surface area (Å²) >= 11 is 0. The molecule has 1 heterocycles. The van der Waals surface area contributed by atoms with Gasteiger partial charge in [0.05, 0.1) is 12.1 Å². The first kappa shape index (κ1) is 11.5. The maximum absolute atomic E-state index is 11.5. The largest absolute Gasteiger partial charge is 0.419 e. The molecular formula is C14H17NO3. The summed E-state index contributed by atoms with van der Waals surface area (Å²) in [6, 6.07) is 5.77. The molecule has 1 aromatic heterocycles. The fourth-order valence-electron chi connectivity index (χ4n) is 3.00. The quantitative estimate of drug-likeness (QED) is 0.880. The van der Waals surface area contributed by atoms with E-state index in [9.17, 15) is 9.90 Å². The van der Waals surface area contributed by atoms with Gasteiger partial charge in [0.2, 0.25) is 0 Å². The fraction of sp³-hybridized carbons (Fsp3) is 0.500. The molecule has 0 radical (unpaired) electrons. The molecule has 2 aromatic rings. The van der Waals surface area contributed by atoms with Crippen molar-refractivity contribution < 1.29 is 9.52 Å². The predicted octanol–water partition coefficient (Wildman–Crippen LogP) is 1.79. The molecule has 18 heavy (non-hydrogen) atoms. The third-order valence-electron chi connectivity index (χ3n) is 4.53. The molecule has 0 amide bonds. The van der Waals surface area contributed by atoms with Gasteiger partial charge in [0.1, 0.15) is 0 Å². The molecule has 1 unspecified atom stereocenters. The first-order valence-electron chi connectivity index (χ1n) is 6.12. The van der Waals surface area contributed by atoms with E-state index < -0.39 is 0 Å². The smallest absolute Gasteiger partial charge is 0.408 e. The lowest BCUT2D eigenvalue weighted by molar-refractivity contribution is 0.231. The summed E-state index contributed by atoms with van der Waals surface area (Å²) in [5, 5.41) is 9.68. The number of aromatic nitrogens is 1. The maximum Gasteiger partial charge on any atom is 0.419 e. The molecule has 1 aliphatic rings. The summed E-state index contributed by atoms with van der Waals surface area (Å²) in [5.41, 5.74) is 2.35. The molecule has 0 spiro atoms. The zero-order valence-electron chi connectivity index (χ0n) is 10.9. The lowest BCUT2D eigenvalue weighted by atomic mass is 9.88. The summed E-state index contributed by atoms with van der Waals surface area (Å²) in [6.45, 7) is 4.42. The first-order valence-corrected chi connectivity index (χ1v) is 6.12. The molecule has 1 aliphatic carbocycles. The average molecular weight is 247 g/mol. The lowest BCUT2D eigenvalue weighted by Gasteiger charge is -2.18. The Bertz CT molecular complexity index is 680. The van der Waals surface area contributed by atoms with Crippen molar-refractivity contribution >= 4 is 11.1 Å². The van der Waals surface area contributed by atoms with E-state index in [0.29, 0.717) is 5.58 Å². The molecule has 1 fully saturated rings. The van der Waals surface area contributed by atoms with Crippen LogP contribution in [0.1, 0.15) is 25.8 Å². The third kappa shape index (κ3) is 1.27. The SMILES string of the molecule is Cn1c(=O)oc2cc(C3(CO)CC3(C)C)ccc21. The van der Waals surface area contributed by atoms with Crippen LogP contribution in [0.25, 0.3) is 11.1 Å². The summed E-state index contributed by atoms with van der Waals surface area (Å²) in [5.74, 6) is -0.352. The summed E-state index contributed by atoms with van der Waals surface area (Å²) in [6.07, 6.45) is 0.957. The number of fused-ring (bicyclic) bond motifs is 1. The Morgan fingerprint density at radius 1 is 1.44 bits per heavy atom. The Morgan fingerprint density at radius 3 is 2.67 bits per heavy atom. The van der Waals surface area contributed by atoms with Crippen molar-refractivity contribution in [3.63, 3.8) is 0 Å². The monoisotopic (exact) mass is 247 g/mol. The summed E-state index contributed by atoms with van der Waals surface area (Å²) in [4.78, 5) is 11.5. The number of aliphatic hydroxyl groups excluding tert-OH is 1. The van der Waals surface area contributed by atoms with E-state index >= 15 is 0 Å². The Labute approximate surface area is 105 Å². The maximum atomic E-state index is 11.5. The van der Waals surface area contributed by atoms with Gasteiger partial charge in [0.15, 0.2) is 5.58 Å². The van der Waals surface area contributed by atoms with Crippen LogP contribution in [0, 0.1) is 5.41 Å². The van der Waals surface area contributed by atoms with Crippen molar-refractivity contribution in [1.82, 2.24) is 4.57 Å². The summed E-state index contributed by atoms with van der Waals surface area (Å²) in [7, 11) is 1.69. The van der Waals surface area contributed by atoms with E-state index in [4.69, 9.17) is 4.42 Å². The highest BCUT2D eigenvalue weighted by Gasteiger charge is 2.61. The van der Waals surface area contributed by atoms with E-state index in [1.807, 2.05) is 18.2 Å². The molecule has 0 aliphatic heterocycles. The van der Waals surface area contributed by atoms with Gasteiger partial charge in [0, 0.05) is 12.5 Å². The number of rotatable bonds is 2. The van der Waals surface area contributed by atoms with Crippen molar-refractivity contribution in [3.8, 4) is 0 Å². The van der Waals surface area contributed by atoms with Crippen LogP contribution in [-0.4, -0.2) is 16.3 Å². The number of hydrogen-bond acceptors (Lipinski definition) is 3. The molecule has 1 saturated carbocycles. The average Bonchev–Trinajstić information content (AvgIpc) is 2.80. The van der Waals surface area contributed by atoms with Crippen molar-refractivity contribution in [2.45, 2.75) is 25.7 Å². The second-order valence-corrected chi connectivity index (χ2v) is 5.91. The van der Waals surface area contributed by atoms with Crippen molar-refractivity contribution in [1.29, 1.82) is 0 Å². The minimum atomic E-state index is -0.352. The van der Waals surface area contributed by atoms with Gasteiger partial charge < -0.3 is 9.52 Å². The second-order valence-electron chi connectivity index (χ2n) is 5.91. The Morgan fingerprint density at radius 2 is 2.11 bits per heavy atom. The van der Waals surface area contributed by atoms with Crippen LogP contribution < -0.4 is 5.76 Å². The number of nitrogens with zero attached hydrogens (tertiary/aromatic N) is 1. The lowest BCUT2D eigenvalue weighted by Crippen LogP contribution is -2.19. The highest BCUT2D eigenvalue weighted by Crippen LogP contribution is 2.64. The van der Waals surface area contributed by atoms with E-state index in [1.54, 1.807) is 7.05 Å². The van der Waals surface area contributed by atoms with Crippen LogP contribution >= 0.6 is 0 Å². The molecule has 4 nitrogen and oxygen atoms in total. The molecule has 4 heteroatoms. The Kier molecular flexibility index (Phi) is 2.09. The van der Waals surface area contributed by atoms with Crippen LogP contribution in [0.5, 0.6) is 0 Å². The molecular weight excluding hydrogens is 230 g/mol. The van der Waals surface area contributed by atoms with Gasteiger partial charge in [-0.05, 0) is 29.5 Å². The van der Waals surface area contributed by atoms with Crippen molar-refractivity contribution in [3.05, 3.63) is 34.3 Å². The number of oxazole rings is 1.